The van der Waals surface area contributed by atoms with Crippen molar-refractivity contribution in [3.05, 3.63) is 95.9 Å². The largest absolute Gasteiger partial charge is 0.324 e. The smallest absolute Gasteiger partial charge is 0.283 e. The normalized spacial score (nSPS) is 15.7. The minimum atomic E-state index is -4.53. The molecule has 11 nitrogen and oxygen atoms in total. The maximum Gasteiger partial charge on any atom is 0.283 e. The van der Waals surface area contributed by atoms with Gasteiger partial charge in [0.15, 0.2) is 5.88 Å². The number of amides is 1. The SMILES string of the molecule is Cc1ccc(N(CS(=O)(=O)O)C(=O)c2ccc(CN3CCNCC3C)cc2)cc1Nc1nccc(-c2cccnc2)n1. The highest BCUT2D eigenvalue weighted by molar-refractivity contribution is 7.85. The van der Waals surface area contributed by atoms with E-state index < -0.39 is 21.9 Å². The van der Waals surface area contributed by atoms with Crippen molar-refractivity contribution in [2.75, 3.05) is 35.7 Å². The summed E-state index contributed by atoms with van der Waals surface area (Å²) in [6.07, 6.45) is 5.01. The molecule has 1 amide bonds. The molecule has 2 aromatic heterocycles. The lowest BCUT2D eigenvalue weighted by atomic mass is 10.1. The van der Waals surface area contributed by atoms with Gasteiger partial charge in [-0.25, -0.2) is 9.97 Å². The van der Waals surface area contributed by atoms with Gasteiger partial charge in [0.1, 0.15) is 0 Å². The fourth-order valence-electron chi connectivity index (χ4n) is 4.80. The van der Waals surface area contributed by atoms with Crippen LogP contribution in [-0.2, 0) is 16.7 Å². The Morgan fingerprint density at radius 2 is 1.95 bits per heavy atom. The van der Waals surface area contributed by atoms with Crippen molar-refractivity contribution in [2.45, 2.75) is 26.4 Å². The summed E-state index contributed by atoms with van der Waals surface area (Å²) in [6, 6.07) is 18.0. The van der Waals surface area contributed by atoms with Crippen molar-refractivity contribution in [2.24, 2.45) is 0 Å². The number of benzene rings is 2. The summed E-state index contributed by atoms with van der Waals surface area (Å²) < 4.78 is 33.7. The van der Waals surface area contributed by atoms with Crippen LogP contribution >= 0.6 is 0 Å². The van der Waals surface area contributed by atoms with E-state index in [-0.39, 0.29) is 5.69 Å². The van der Waals surface area contributed by atoms with Crippen LogP contribution in [0, 0.1) is 6.92 Å². The standard InChI is InChI=1S/C30H33N7O4S/c1-21-5-10-26(16-28(21)35-30-33-13-11-27(34-30)25-4-3-12-31-18-25)37(20-42(39,40)41)29(38)24-8-6-23(7-9-24)19-36-15-14-32-17-22(36)2/h3-13,16,18,22,32H,14-15,17,19-20H2,1-2H3,(H,33,34,35)(H,39,40,41). The van der Waals surface area contributed by atoms with Crippen LogP contribution < -0.4 is 15.5 Å². The summed E-state index contributed by atoms with van der Waals surface area (Å²) in [5.41, 5.74) is 4.53. The predicted octanol–water partition coefficient (Wildman–Crippen LogP) is 3.88. The van der Waals surface area contributed by atoms with E-state index in [4.69, 9.17) is 0 Å². The van der Waals surface area contributed by atoms with Gasteiger partial charge in [0.25, 0.3) is 16.0 Å². The number of hydrogen-bond donors (Lipinski definition) is 3. The van der Waals surface area contributed by atoms with Gasteiger partial charge >= 0.3 is 0 Å². The minimum Gasteiger partial charge on any atom is -0.324 e. The first-order chi connectivity index (χ1) is 20.2. The lowest BCUT2D eigenvalue weighted by molar-refractivity contribution is 0.0990. The van der Waals surface area contributed by atoms with Crippen LogP contribution in [0.1, 0.15) is 28.4 Å². The average Bonchev–Trinajstić information content (AvgIpc) is 2.98. The van der Waals surface area contributed by atoms with Crippen LogP contribution in [0.5, 0.6) is 0 Å². The number of carbonyl (C=O) groups excluding carboxylic acids is 1. The number of rotatable bonds is 9. The molecule has 1 atom stereocenters. The Morgan fingerprint density at radius 1 is 1.14 bits per heavy atom. The zero-order valence-corrected chi connectivity index (χ0v) is 24.3. The lowest BCUT2D eigenvalue weighted by Crippen LogP contribution is -2.49. The Balaban J connectivity index is 1.39. The second-order valence-electron chi connectivity index (χ2n) is 10.3. The molecule has 4 aromatic rings. The molecule has 0 spiro atoms. The zero-order valence-electron chi connectivity index (χ0n) is 23.4. The number of nitrogens with zero attached hydrogens (tertiary/aromatic N) is 5. The topological polar surface area (TPSA) is 141 Å². The van der Waals surface area contributed by atoms with Gasteiger partial charge in [-0.05, 0) is 67.4 Å². The minimum absolute atomic E-state index is 0.285. The summed E-state index contributed by atoms with van der Waals surface area (Å²) in [5, 5.41) is 6.54. The predicted molar refractivity (Wildman–Crippen MR) is 162 cm³/mol. The van der Waals surface area contributed by atoms with Crippen LogP contribution in [0.4, 0.5) is 17.3 Å². The van der Waals surface area contributed by atoms with E-state index in [1.54, 1.807) is 55.0 Å². The highest BCUT2D eigenvalue weighted by atomic mass is 32.2. The van der Waals surface area contributed by atoms with Gasteiger partial charge in [-0.1, -0.05) is 18.2 Å². The Bertz CT molecular complexity index is 1650. The molecule has 1 aliphatic rings. The fraction of sp³-hybridized carbons (Fsp3) is 0.267. The lowest BCUT2D eigenvalue weighted by Gasteiger charge is -2.33. The molecular formula is C30H33N7O4S. The summed E-state index contributed by atoms with van der Waals surface area (Å²) in [4.78, 5) is 30.0. The highest BCUT2D eigenvalue weighted by Crippen LogP contribution is 2.28. The third-order valence-electron chi connectivity index (χ3n) is 7.16. The van der Waals surface area contributed by atoms with Gasteiger partial charge in [-0.2, -0.15) is 8.42 Å². The van der Waals surface area contributed by atoms with Crippen LogP contribution in [0.15, 0.2) is 79.3 Å². The number of aromatic nitrogens is 3. The molecule has 1 saturated heterocycles. The average molecular weight is 588 g/mol. The van der Waals surface area contributed by atoms with Gasteiger partial charge in [0, 0.05) is 73.3 Å². The third-order valence-corrected chi connectivity index (χ3v) is 7.74. The third kappa shape index (κ3) is 7.34. The van der Waals surface area contributed by atoms with Gasteiger partial charge in [-0.3, -0.25) is 24.1 Å². The number of hydrogen-bond acceptors (Lipinski definition) is 9. The van der Waals surface area contributed by atoms with Gasteiger partial charge in [-0.15, -0.1) is 0 Å². The maximum atomic E-state index is 13.6. The molecule has 5 rings (SSSR count). The van der Waals surface area contributed by atoms with E-state index in [1.165, 1.54) is 0 Å². The second kappa shape index (κ2) is 12.7. The van der Waals surface area contributed by atoms with E-state index in [2.05, 4.69) is 37.4 Å². The van der Waals surface area contributed by atoms with Gasteiger partial charge in [0.2, 0.25) is 5.95 Å². The molecule has 0 bridgehead atoms. The Hall–Kier alpha value is -4.23. The monoisotopic (exact) mass is 587 g/mol. The molecule has 0 aliphatic carbocycles. The first-order valence-corrected chi connectivity index (χ1v) is 15.2. The van der Waals surface area contributed by atoms with Crippen LogP contribution in [0.2, 0.25) is 0 Å². The number of anilines is 3. The summed E-state index contributed by atoms with van der Waals surface area (Å²) in [7, 11) is -4.53. The molecule has 1 aliphatic heterocycles. The van der Waals surface area contributed by atoms with Crippen molar-refractivity contribution in [1.82, 2.24) is 25.2 Å². The number of nitrogens with one attached hydrogen (secondary N) is 2. The van der Waals surface area contributed by atoms with Gasteiger partial charge < -0.3 is 10.6 Å². The first kappa shape index (κ1) is 29.3. The van der Waals surface area contributed by atoms with E-state index >= 15 is 0 Å². The van der Waals surface area contributed by atoms with Crippen molar-refractivity contribution in [3.8, 4) is 11.3 Å². The molecular weight excluding hydrogens is 554 g/mol. The molecule has 2 aromatic carbocycles. The van der Waals surface area contributed by atoms with Crippen molar-refractivity contribution < 1.29 is 17.8 Å². The number of aryl methyl sites for hydroxylation is 1. The number of pyridine rings is 1. The molecule has 0 saturated carbocycles. The van der Waals surface area contributed by atoms with Crippen molar-refractivity contribution in [1.29, 1.82) is 0 Å². The Kier molecular flexibility index (Phi) is 8.88. The first-order valence-electron chi connectivity index (χ1n) is 13.6. The van der Waals surface area contributed by atoms with E-state index in [0.29, 0.717) is 28.9 Å². The van der Waals surface area contributed by atoms with Crippen molar-refractivity contribution in [3.63, 3.8) is 0 Å². The zero-order chi connectivity index (χ0) is 29.7. The summed E-state index contributed by atoms with van der Waals surface area (Å²) in [5.74, 6) is -1.14. The highest BCUT2D eigenvalue weighted by Gasteiger charge is 2.24. The van der Waals surface area contributed by atoms with Crippen LogP contribution in [-0.4, -0.2) is 70.3 Å². The van der Waals surface area contributed by atoms with Gasteiger partial charge in [0.05, 0.1) is 5.69 Å². The molecule has 12 heteroatoms. The van der Waals surface area contributed by atoms with Crippen LogP contribution in [0.3, 0.4) is 0 Å². The van der Waals surface area contributed by atoms with Crippen molar-refractivity contribution >= 4 is 33.3 Å². The van der Waals surface area contributed by atoms with Crippen LogP contribution in [0.25, 0.3) is 11.3 Å². The second-order valence-corrected chi connectivity index (χ2v) is 11.7. The maximum absolute atomic E-state index is 13.6. The molecule has 3 heterocycles. The van der Waals surface area contributed by atoms with E-state index in [1.807, 2.05) is 31.2 Å². The molecule has 0 radical (unpaired) electrons. The van der Waals surface area contributed by atoms with E-state index in [0.717, 1.165) is 47.8 Å². The molecule has 1 unspecified atom stereocenters. The Morgan fingerprint density at radius 3 is 2.67 bits per heavy atom. The van der Waals surface area contributed by atoms with E-state index in [9.17, 15) is 17.8 Å². The summed E-state index contributed by atoms with van der Waals surface area (Å²) in [6.45, 7) is 7.59. The quantitative estimate of drug-likeness (QED) is 0.247. The molecule has 3 N–H and O–H groups in total. The Labute approximate surface area is 245 Å². The molecule has 42 heavy (non-hydrogen) atoms. The number of piperazine rings is 1. The molecule has 218 valence electrons. The fourth-order valence-corrected chi connectivity index (χ4v) is 5.39. The summed E-state index contributed by atoms with van der Waals surface area (Å²) >= 11 is 0. The number of carbonyl (C=O) groups is 1. The molecule has 1 fully saturated rings.